The van der Waals surface area contributed by atoms with Crippen molar-refractivity contribution in [2.75, 3.05) is 31.6 Å². The lowest BCUT2D eigenvalue weighted by Crippen LogP contribution is -2.36. The van der Waals surface area contributed by atoms with Crippen LogP contribution in [0.1, 0.15) is 48.6 Å². The minimum absolute atomic E-state index is 0.126. The number of amides is 1. The zero-order valence-corrected chi connectivity index (χ0v) is 19.5. The third kappa shape index (κ3) is 6.65. The topological polar surface area (TPSA) is 87.4 Å². The number of aromatic nitrogens is 1. The molecule has 176 valence electrons. The number of halogens is 1. The van der Waals surface area contributed by atoms with Gasteiger partial charge < -0.3 is 14.6 Å². The molecule has 1 fully saturated rings. The van der Waals surface area contributed by atoms with E-state index in [1.165, 1.54) is 12.1 Å². The van der Waals surface area contributed by atoms with Gasteiger partial charge in [-0.05, 0) is 62.8 Å². The first-order chi connectivity index (χ1) is 15.8. The molecule has 1 aromatic carbocycles. The van der Waals surface area contributed by atoms with Gasteiger partial charge in [0.15, 0.2) is 0 Å². The van der Waals surface area contributed by atoms with Gasteiger partial charge in [-0.25, -0.2) is 4.39 Å². The predicted molar refractivity (Wildman–Crippen MR) is 123 cm³/mol. The van der Waals surface area contributed by atoms with Crippen LogP contribution in [0.5, 0.6) is 0 Å². The molecule has 1 amide bonds. The highest BCUT2D eigenvalue weighted by molar-refractivity contribution is 5.93. The number of rotatable bonds is 11. The number of hydrogen-bond donors (Lipinski definition) is 1. The predicted octanol–water partition coefficient (Wildman–Crippen LogP) is 3.77. The molecule has 0 radical (unpaired) electrons. The Morgan fingerprint density at radius 2 is 1.97 bits per heavy atom. The fraction of sp³-hybridized carbons (Fsp3) is 0.480. The number of anilines is 1. The van der Waals surface area contributed by atoms with Crippen molar-refractivity contribution in [3.05, 3.63) is 52.5 Å². The highest BCUT2D eigenvalue weighted by Gasteiger charge is 2.26. The van der Waals surface area contributed by atoms with Crippen LogP contribution in [0.2, 0.25) is 0 Å². The zero-order chi connectivity index (χ0) is 24.0. The Kier molecular flexibility index (Phi) is 8.23. The van der Waals surface area contributed by atoms with Crippen molar-refractivity contribution in [1.82, 2.24) is 9.47 Å². The summed E-state index contributed by atoms with van der Waals surface area (Å²) in [6, 6.07) is 8.37. The number of esters is 1. The highest BCUT2D eigenvalue weighted by Crippen LogP contribution is 2.30. The van der Waals surface area contributed by atoms with E-state index in [0.29, 0.717) is 37.0 Å². The van der Waals surface area contributed by atoms with Crippen LogP contribution in [0.15, 0.2) is 24.3 Å². The van der Waals surface area contributed by atoms with Crippen molar-refractivity contribution in [3.63, 3.8) is 0 Å². The smallest absolute Gasteiger partial charge is 0.307 e. The monoisotopic (exact) mass is 454 g/mol. The van der Waals surface area contributed by atoms with Crippen LogP contribution >= 0.6 is 0 Å². The van der Waals surface area contributed by atoms with E-state index in [1.54, 1.807) is 19.1 Å². The fourth-order valence-electron chi connectivity index (χ4n) is 3.86. The van der Waals surface area contributed by atoms with E-state index in [4.69, 9.17) is 4.74 Å². The first kappa shape index (κ1) is 24.5. The van der Waals surface area contributed by atoms with Crippen molar-refractivity contribution in [1.29, 1.82) is 5.26 Å². The second-order valence-electron chi connectivity index (χ2n) is 8.54. The van der Waals surface area contributed by atoms with E-state index >= 15 is 0 Å². The first-order valence-electron chi connectivity index (χ1n) is 11.3. The van der Waals surface area contributed by atoms with Crippen LogP contribution < -0.4 is 5.32 Å². The normalized spacial score (nSPS) is 13.1. The Hall–Kier alpha value is -3.18. The van der Waals surface area contributed by atoms with Gasteiger partial charge in [-0.1, -0.05) is 12.1 Å². The minimum Gasteiger partial charge on any atom is -0.466 e. The summed E-state index contributed by atoms with van der Waals surface area (Å²) in [4.78, 5) is 26.7. The summed E-state index contributed by atoms with van der Waals surface area (Å²) >= 11 is 0. The molecule has 1 aromatic heterocycles. The number of carbonyl (C=O) groups excluding carboxylic acids is 2. The molecule has 3 rings (SSSR count). The van der Waals surface area contributed by atoms with Gasteiger partial charge in [0.05, 0.1) is 25.1 Å². The zero-order valence-electron chi connectivity index (χ0n) is 19.5. The van der Waals surface area contributed by atoms with Crippen LogP contribution in [0.3, 0.4) is 0 Å². The van der Waals surface area contributed by atoms with Crippen molar-refractivity contribution < 1.29 is 18.7 Å². The number of ether oxygens (including phenoxy) is 1. The maximum absolute atomic E-state index is 13.3. The number of hydrogen-bond acceptors (Lipinski definition) is 5. The van der Waals surface area contributed by atoms with Crippen molar-refractivity contribution >= 4 is 17.7 Å². The minimum atomic E-state index is -0.316. The highest BCUT2D eigenvalue weighted by atomic mass is 19.1. The second kappa shape index (κ2) is 11.1. The SMILES string of the molecule is CCOC(=O)CCN(CC(=O)Nc1c(C#N)c(C)c(C)n1Cc1ccc(F)cc1)CC1CC1. The van der Waals surface area contributed by atoms with E-state index < -0.39 is 0 Å². The van der Waals surface area contributed by atoms with E-state index in [1.807, 2.05) is 23.3 Å². The molecule has 0 aliphatic heterocycles. The van der Waals surface area contributed by atoms with Crippen LogP contribution in [-0.2, 0) is 20.9 Å². The quantitative estimate of drug-likeness (QED) is 0.523. The molecular formula is C25H31FN4O3. The van der Waals surface area contributed by atoms with Gasteiger partial charge in [0, 0.05) is 25.3 Å². The fourth-order valence-corrected chi connectivity index (χ4v) is 3.86. The maximum atomic E-state index is 13.3. The molecule has 0 saturated heterocycles. The summed E-state index contributed by atoms with van der Waals surface area (Å²) in [5.74, 6) is 0.169. The third-order valence-electron chi connectivity index (χ3n) is 5.97. The number of nitrogens with one attached hydrogen (secondary N) is 1. The summed E-state index contributed by atoms with van der Waals surface area (Å²) in [5.41, 5.74) is 2.94. The van der Waals surface area contributed by atoms with Gasteiger partial charge in [-0.3, -0.25) is 14.5 Å². The number of benzene rings is 1. The van der Waals surface area contributed by atoms with E-state index in [-0.39, 0.29) is 30.7 Å². The van der Waals surface area contributed by atoms with Crippen LogP contribution in [-0.4, -0.2) is 47.6 Å². The molecule has 1 aliphatic rings. The second-order valence-corrected chi connectivity index (χ2v) is 8.54. The molecule has 0 unspecified atom stereocenters. The largest absolute Gasteiger partial charge is 0.466 e. The Balaban J connectivity index is 1.75. The lowest BCUT2D eigenvalue weighted by Gasteiger charge is -2.22. The van der Waals surface area contributed by atoms with E-state index in [0.717, 1.165) is 36.2 Å². The molecule has 2 aromatic rings. The summed E-state index contributed by atoms with van der Waals surface area (Å²) in [5, 5.41) is 12.7. The summed E-state index contributed by atoms with van der Waals surface area (Å²) in [6.45, 7) is 7.58. The lowest BCUT2D eigenvalue weighted by molar-refractivity contribution is -0.143. The van der Waals surface area contributed by atoms with Gasteiger partial charge >= 0.3 is 5.97 Å². The summed E-state index contributed by atoms with van der Waals surface area (Å²) < 4.78 is 20.2. The molecule has 33 heavy (non-hydrogen) atoms. The Morgan fingerprint density at radius 1 is 1.27 bits per heavy atom. The number of nitriles is 1. The molecule has 1 N–H and O–H groups in total. The molecule has 1 saturated carbocycles. The average molecular weight is 455 g/mol. The number of carbonyl (C=O) groups is 2. The van der Waals surface area contributed by atoms with Crippen molar-refractivity contribution in [3.8, 4) is 6.07 Å². The van der Waals surface area contributed by atoms with Gasteiger partial charge in [-0.15, -0.1) is 0 Å². The van der Waals surface area contributed by atoms with Gasteiger partial charge in [-0.2, -0.15) is 5.26 Å². The molecule has 0 spiro atoms. The lowest BCUT2D eigenvalue weighted by atomic mass is 10.2. The van der Waals surface area contributed by atoms with E-state index in [2.05, 4.69) is 11.4 Å². The Bertz CT molecular complexity index is 1040. The van der Waals surface area contributed by atoms with Crippen molar-refractivity contribution in [2.45, 2.75) is 46.6 Å². The van der Waals surface area contributed by atoms with Crippen LogP contribution in [0, 0.1) is 36.9 Å². The average Bonchev–Trinajstić information content (AvgIpc) is 3.57. The molecular weight excluding hydrogens is 423 g/mol. The van der Waals surface area contributed by atoms with Gasteiger partial charge in [0.1, 0.15) is 17.7 Å². The molecule has 1 aliphatic carbocycles. The molecule has 0 atom stereocenters. The number of nitrogens with zero attached hydrogens (tertiary/aromatic N) is 3. The van der Waals surface area contributed by atoms with Crippen molar-refractivity contribution in [2.24, 2.45) is 5.92 Å². The van der Waals surface area contributed by atoms with Crippen LogP contribution in [0.25, 0.3) is 0 Å². The van der Waals surface area contributed by atoms with Gasteiger partial charge in [0.2, 0.25) is 5.91 Å². The Morgan fingerprint density at radius 3 is 2.58 bits per heavy atom. The molecule has 7 nitrogen and oxygen atoms in total. The van der Waals surface area contributed by atoms with E-state index in [9.17, 15) is 19.2 Å². The summed E-state index contributed by atoms with van der Waals surface area (Å²) in [7, 11) is 0. The molecule has 1 heterocycles. The third-order valence-corrected chi connectivity index (χ3v) is 5.97. The maximum Gasteiger partial charge on any atom is 0.307 e. The van der Waals surface area contributed by atoms with Gasteiger partial charge in [0.25, 0.3) is 0 Å². The molecule has 8 heteroatoms. The van der Waals surface area contributed by atoms with Crippen LogP contribution in [0.4, 0.5) is 10.2 Å². The Labute approximate surface area is 194 Å². The summed E-state index contributed by atoms with van der Waals surface area (Å²) in [6.07, 6.45) is 2.50. The first-order valence-corrected chi connectivity index (χ1v) is 11.3. The molecule has 0 bridgehead atoms. The standard InChI is InChI=1S/C25H31FN4O3/c1-4-33-24(32)11-12-29(14-19-5-6-19)16-23(31)28-25-22(13-27)17(2)18(3)30(25)15-20-7-9-21(26)10-8-20/h7-10,19H,4-6,11-12,14-16H2,1-3H3,(H,28,31).